The van der Waals surface area contributed by atoms with Crippen LogP contribution in [-0.2, 0) is 32.6 Å². The molecule has 2 amide bonds. The Morgan fingerprint density at radius 2 is 1.71 bits per heavy atom. The summed E-state index contributed by atoms with van der Waals surface area (Å²) in [4.78, 5) is 27.8. The molecule has 2 aromatic carbocycles. The van der Waals surface area contributed by atoms with Gasteiger partial charge in [0.25, 0.3) is 0 Å². The van der Waals surface area contributed by atoms with Gasteiger partial charge in [0.05, 0.1) is 11.9 Å². The smallest absolute Gasteiger partial charge is 0.244 e. The first kappa shape index (κ1) is 27.9. The number of aryl methyl sites for hydroxylation is 1. The minimum atomic E-state index is -3.74. The molecule has 0 radical (unpaired) electrons. The van der Waals surface area contributed by atoms with Crippen molar-refractivity contribution in [2.24, 2.45) is 0 Å². The van der Waals surface area contributed by atoms with Crippen LogP contribution in [0, 0.1) is 0 Å². The molecular weight excluding hydrogens is 518 g/mol. The Bertz CT molecular complexity index is 1070. The van der Waals surface area contributed by atoms with Crippen molar-refractivity contribution in [3.8, 4) is 0 Å². The van der Waals surface area contributed by atoms with E-state index in [2.05, 4.69) is 21.2 Å². The number of nitrogens with zero attached hydrogens (tertiary/aromatic N) is 2. The summed E-state index contributed by atoms with van der Waals surface area (Å²) >= 11 is 3.40. The zero-order valence-electron chi connectivity index (χ0n) is 20.3. The molecule has 0 fully saturated rings. The number of hydrogen-bond acceptors (Lipinski definition) is 4. The molecule has 0 aliphatic rings. The Morgan fingerprint density at radius 1 is 1.06 bits per heavy atom. The molecule has 0 saturated carbocycles. The summed E-state index contributed by atoms with van der Waals surface area (Å²) < 4.78 is 27.4. The molecule has 0 aliphatic heterocycles. The zero-order chi connectivity index (χ0) is 25.3. The second-order valence-electron chi connectivity index (χ2n) is 8.22. The minimum Gasteiger partial charge on any atom is -0.354 e. The summed E-state index contributed by atoms with van der Waals surface area (Å²) in [7, 11) is -3.74. The molecule has 1 N–H and O–H groups in total. The third kappa shape index (κ3) is 7.84. The van der Waals surface area contributed by atoms with Gasteiger partial charge in [0.15, 0.2) is 0 Å². The van der Waals surface area contributed by atoms with Crippen LogP contribution in [0.2, 0.25) is 0 Å². The first-order valence-corrected chi connectivity index (χ1v) is 14.1. The fourth-order valence-electron chi connectivity index (χ4n) is 3.55. The van der Waals surface area contributed by atoms with Crippen molar-refractivity contribution in [3.05, 3.63) is 64.1 Å². The maximum Gasteiger partial charge on any atom is 0.244 e. The third-order valence-corrected chi connectivity index (χ3v) is 7.24. The Hall–Kier alpha value is -2.39. The molecule has 0 unspecified atom stereocenters. The lowest BCUT2D eigenvalue weighted by Gasteiger charge is -2.32. The highest BCUT2D eigenvalue weighted by molar-refractivity contribution is 9.10. The van der Waals surface area contributed by atoms with Gasteiger partial charge >= 0.3 is 0 Å². The van der Waals surface area contributed by atoms with Gasteiger partial charge in [-0.3, -0.25) is 13.9 Å². The number of rotatable bonds is 12. The molecule has 0 heterocycles. The van der Waals surface area contributed by atoms with Crippen molar-refractivity contribution in [2.75, 3.05) is 23.7 Å². The predicted octanol–water partition coefficient (Wildman–Crippen LogP) is 4.11. The van der Waals surface area contributed by atoms with Crippen molar-refractivity contribution >= 4 is 43.5 Å². The van der Waals surface area contributed by atoms with Crippen molar-refractivity contribution in [1.29, 1.82) is 0 Å². The highest BCUT2D eigenvalue weighted by Gasteiger charge is 2.30. The van der Waals surface area contributed by atoms with Gasteiger partial charge in [-0.05, 0) is 49.1 Å². The largest absolute Gasteiger partial charge is 0.354 e. The van der Waals surface area contributed by atoms with Crippen LogP contribution in [-0.4, -0.2) is 50.5 Å². The second kappa shape index (κ2) is 12.9. The van der Waals surface area contributed by atoms with Gasteiger partial charge in [0.1, 0.15) is 12.6 Å². The molecule has 34 heavy (non-hydrogen) atoms. The number of hydrogen-bond donors (Lipinski definition) is 1. The van der Waals surface area contributed by atoms with Crippen molar-refractivity contribution in [1.82, 2.24) is 10.2 Å². The van der Waals surface area contributed by atoms with Gasteiger partial charge in [0, 0.05) is 17.6 Å². The van der Waals surface area contributed by atoms with Crippen LogP contribution in [0.15, 0.2) is 53.0 Å². The number of anilines is 1. The van der Waals surface area contributed by atoms with E-state index < -0.39 is 22.0 Å². The summed E-state index contributed by atoms with van der Waals surface area (Å²) in [5.41, 5.74) is 2.14. The topological polar surface area (TPSA) is 86.8 Å². The lowest BCUT2D eigenvalue weighted by Crippen LogP contribution is -2.51. The first-order valence-electron chi connectivity index (χ1n) is 11.5. The zero-order valence-corrected chi connectivity index (χ0v) is 22.7. The Labute approximate surface area is 211 Å². The van der Waals surface area contributed by atoms with Crippen LogP contribution >= 0.6 is 15.9 Å². The van der Waals surface area contributed by atoms with E-state index in [1.165, 1.54) is 4.90 Å². The van der Waals surface area contributed by atoms with Gasteiger partial charge < -0.3 is 10.2 Å². The van der Waals surface area contributed by atoms with Gasteiger partial charge in [-0.1, -0.05) is 66.5 Å². The van der Waals surface area contributed by atoms with E-state index in [0.717, 1.165) is 39.0 Å². The van der Waals surface area contributed by atoms with Crippen molar-refractivity contribution in [2.45, 2.75) is 52.6 Å². The molecule has 2 rings (SSSR count). The number of benzene rings is 2. The van der Waals surface area contributed by atoms with Gasteiger partial charge in [0.2, 0.25) is 21.8 Å². The number of amides is 2. The van der Waals surface area contributed by atoms with Gasteiger partial charge in [-0.15, -0.1) is 0 Å². The van der Waals surface area contributed by atoms with E-state index in [-0.39, 0.29) is 19.0 Å². The molecule has 1 atom stereocenters. The van der Waals surface area contributed by atoms with E-state index >= 15 is 0 Å². The Kier molecular flexibility index (Phi) is 10.6. The average Bonchev–Trinajstić information content (AvgIpc) is 2.81. The number of nitrogens with one attached hydrogen (secondary N) is 1. The summed E-state index contributed by atoms with van der Waals surface area (Å²) in [6.45, 7) is 5.96. The molecular formula is C25H34BrN3O4S. The molecule has 7 nitrogen and oxygen atoms in total. The van der Waals surface area contributed by atoms with Crippen LogP contribution in [0.4, 0.5) is 5.69 Å². The molecule has 0 saturated heterocycles. The second-order valence-corrected chi connectivity index (χ2v) is 11.0. The maximum atomic E-state index is 13.6. The van der Waals surface area contributed by atoms with Gasteiger partial charge in [-0.25, -0.2) is 8.42 Å². The minimum absolute atomic E-state index is 0.182. The molecule has 2 aromatic rings. The normalized spacial score (nSPS) is 12.1. The van der Waals surface area contributed by atoms with E-state index in [9.17, 15) is 18.0 Å². The van der Waals surface area contributed by atoms with E-state index in [1.54, 1.807) is 19.1 Å². The average molecular weight is 553 g/mol. The SMILES string of the molecule is CCCCNC(=O)[C@@H](C)N(Cc1ccc(Br)cc1)C(=O)CN(c1ccccc1CC)S(C)(=O)=O. The third-order valence-electron chi connectivity index (χ3n) is 5.58. The molecule has 0 spiro atoms. The maximum absolute atomic E-state index is 13.6. The standard InChI is InChI=1S/C25H34BrN3O4S/c1-5-7-16-27-25(31)19(3)28(17-20-12-14-22(26)15-13-20)24(30)18-29(34(4,32)33)23-11-9-8-10-21(23)6-2/h8-15,19H,5-7,16-18H2,1-4H3,(H,27,31)/t19-/m1/s1. The van der Waals surface area contributed by atoms with Crippen LogP contribution in [0.5, 0.6) is 0 Å². The molecule has 186 valence electrons. The summed E-state index contributed by atoms with van der Waals surface area (Å²) in [6.07, 6.45) is 3.49. The molecule has 0 bridgehead atoms. The van der Waals surface area contributed by atoms with Gasteiger partial charge in [-0.2, -0.15) is 0 Å². The summed E-state index contributed by atoms with van der Waals surface area (Å²) in [5, 5.41) is 2.87. The number of carbonyl (C=O) groups excluding carboxylic acids is 2. The molecule has 0 aromatic heterocycles. The monoisotopic (exact) mass is 551 g/mol. The molecule has 0 aliphatic carbocycles. The lowest BCUT2D eigenvalue weighted by atomic mass is 10.1. The Balaban J connectivity index is 2.37. The van der Waals surface area contributed by atoms with Crippen molar-refractivity contribution < 1.29 is 18.0 Å². The highest BCUT2D eigenvalue weighted by atomic mass is 79.9. The van der Waals surface area contributed by atoms with E-state index in [4.69, 9.17) is 0 Å². The fourth-order valence-corrected chi connectivity index (χ4v) is 4.70. The molecule has 9 heteroatoms. The number of unbranched alkanes of at least 4 members (excludes halogenated alkanes) is 1. The fraction of sp³-hybridized carbons (Fsp3) is 0.440. The lowest BCUT2D eigenvalue weighted by molar-refractivity contribution is -0.139. The number of carbonyl (C=O) groups is 2. The van der Waals surface area contributed by atoms with E-state index in [0.29, 0.717) is 18.7 Å². The predicted molar refractivity (Wildman–Crippen MR) is 140 cm³/mol. The summed E-state index contributed by atoms with van der Waals surface area (Å²) in [5.74, 6) is -0.712. The Morgan fingerprint density at radius 3 is 2.29 bits per heavy atom. The highest BCUT2D eigenvalue weighted by Crippen LogP contribution is 2.24. The van der Waals surface area contributed by atoms with Crippen LogP contribution in [0.25, 0.3) is 0 Å². The van der Waals surface area contributed by atoms with E-state index in [1.807, 2.05) is 50.2 Å². The van der Waals surface area contributed by atoms with Crippen molar-refractivity contribution in [3.63, 3.8) is 0 Å². The van der Waals surface area contributed by atoms with Crippen LogP contribution < -0.4 is 9.62 Å². The first-order chi connectivity index (χ1) is 16.1. The summed E-state index contributed by atoms with van der Waals surface area (Å²) in [6, 6.07) is 13.8. The number of halogens is 1. The van der Waals surface area contributed by atoms with Crippen LogP contribution in [0.3, 0.4) is 0 Å². The van der Waals surface area contributed by atoms with Crippen LogP contribution in [0.1, 0.15) is 44.7 Å². The quantitative estimate of drug-likeness (QED) is 0.402. The number of para-hydroxylation sites is 1. The number of sulfonamides is 1.